The molecular formula is C18H17BrN2O3. The summed E-state index contributed by atoms with van der Waals surface area (Å²) in [5.41, 5.74) is 1.49. The Kier molecular flexibility index (Phi) is 4.85. The quantitative estimate of drug-likeness (QED) is 0.872. The lowest BCUT2D eigenvalue weighted by molar-refractivity contribution is -0.122. The van der Waals surface area contributed by atoms with E-state index in [-0.39, 0.29) is 24.2 Å². The number of nitrogens with zero attached hydrogens (tertiary/aromatic N) is 1. The van der Waals surface area contributed by atoms with Crippen LogP contribution in [0.25, 0.3) is 0 Å². The Labute approximate surface area is 148 Å². The van der Waals surface area contributed by atoms with E-state index in [0.717, 1.165) is 15.9 Å². The fourth-order valence-corrected chi connectivity index (χ4v) is 3.10. The summed E-state index contributed by atoms with van der Waals surface area (Å²) in [6.07, 6.45) is 0.214. The highest BCUT2D eigenvalue weighted by Crippen LogP contribution is 2.27. The number of amides is 2. The van der Waals surface area contributed by atoms with E-state index < -0.39 is 0 Å². The summed E-state index contributed by atoms with van der Waals surface area (Å²) in [5, 5.41) is 2.87. The minimum absolute atomic E-state index is 0.0467. The maximum atomic E-state index is 12.4. The summed E-state index contributed by atoms with van der Waals surface area (Å²) >= 11 is 3.37. The molecule has 1 N–H and O–H groups in total. The van der Waals surface area contributed by atoms with Crippen molar-refractivity contribution in [2.45, 2.75) is 6.42 Å². The van der Waals surface area contributed by atoms with Gasteiger partial charge in [0, 0.05) is 28.8 Å². The van der Waals surface area contributed by atoms with Crippen molar-refractivity contribution in [1.29, 1.82) is 0 Å². The maximum absolute atomic E-state index is 12.4. The average Bonchev–Trinajstić information content (AvgIpc) is 2.97. The van der Waals surface area contributed by atoms with E-state index in [1.165, 1.54) is 0 Å². The number of benzene rings is 2. The molecule has 1 fully saturated rings. The van der Waals surface area contributed by atoms with Crippen LogP contribution < -0.4 is 15.0 Å². The van der Waals surface area contributed by atoms with Gasteiger partial charge in [-0.15, -0.1) is 0 Å². The number of ether oxygens (including phenoxy) is 1. The topological polar surface area (TPSA) is 58.6 Å². The molecule has 2 amide bonds. The fraction of sp³-hybridized carbons (Fsp3) is 0.222. The zero-order chi connectivity index (χ0) is 17.1. The summed E-state index contributed by atoms with van der Waals surface area (Å²) in [6, 6.07) is 14.6. The van der Waals surface area contributed by atoms with Crippen molar-refractivity contribution >= 4 is 39.1 Å². The third-order valence-corrected chi connectivity index (χ3v) is 4.47. The highest BCUT2D eigenvalue weighted by atomic mass is 79.9. The van der Waals surface area contributed by atoms with Gasteiger partial charge >= 0.3 is 0 Å². The Balaban J connectivity index is 1.68. The Bertz CT molecular complexity index is 761. The predicted octanol–water partition coefficient (Wildman–Crippen LogP) is 3.45. The first-order valence-corrected chi connectivity index (χ1v) is 8.37. The van der Waals surface area contributed by atoms with Crippen LogP contribution in [0.3, 0.4) is 0 Å². The SMILES string of the molecule is COc1ccc(N2C[C@H](C(=O)Nc3cccc(Br)c3)CC2=O)cc1. The van der Waals surface area contributed by atoms with E-state index in [0.29, 0.717) is 12.2 Å². The number of carbonyl (C=O) groups is 2. The second-order valence-electron chi connectivity index (χ2n) is 5.60. The molecule has 24 heavy (non-hydrogen) atoms. The summed E-state index contributed by atoms with van der Waals surface area (Å²) in [4.78, 5) is 26.3. The third-order valence-electron chi connectivity index (χ3n) is 3.97. The van der Waals surface area contributed by atoms with Crippen LogP contribution in [0.4, 0.5) is 11.4 Å². The van der Waals surface area contributed by atoms with Crippen molar-refractivity contribution in [2.75, 3.05) is 23.9 Å². The van der Waals surface area contributed by atoms with Crippen molar-refractivity contribution in [2.24, 2.45) is 5.92 Å². The molecule has 5 nitrogen and oxygen atoms in total. The minimum Gasteiger partial charge on any atom is -0.497 e. The van der Waals surface area contributed by atoms with Crippen molar-refractivity contribution in [1.82, 2.24) is 0 Å². The lowest BCUT2D eigenvalue weighted by Gasteiger charge is -2.17. The van der Waals surface area contributed by atoms with Gasteiger partial charge in [0.2, 0.25) is 11.8 Å². The molecule has 0 saturated carbocycles. The van der Waals surface area contributed by atoms with E-state index in [9.17, 15) is 9.59 Å². The highest BCUT2D eigenvalue weighted by molar-refractivity contribution is 9.10. The van der Waals surface area contributed by atoms with Gasteiger partial charge in [-0.25, -0.2) is 0 Å². The normalized spacial score (nSPS) is 17.0. The van der Waals surface area contributed by atoms with Crippen molar-refractivity contribution in [3.63, 3.8) is 0 Å². The van der Waals surface area contributed by atoms with Crippen LogP contribution in [0.1, 0.15) is 6.42 Å². The van der Waals surface area contributed by atoms with Gasteiger partial charge in [-0.3, -0.25) is 9.59 Å². The second kappa shape index (κ2) is 7.05. The molecule has 1 heterocycles. The van der Waals surface area contributed by atoms with Crippen LogP contribution in [0.2, 0.25) is 0 Å². The van der Waals surface area contributed by atoms with Crippen LogP contribution in [-0.4, -0.2) is 25.5 Å². The smallest absolute Gasteiger partial charge is 0.229 e. The molecule has 0 unspecified atom stereocenters. The van der Waals surface area contributed by atoms with E-state index in [2.05, 4.69) is 21.2 Å². The average molecular weight is 389 g/mol. The number of halogens is 1. The van der Waals surface area contributed by atoms with Crippen LogP contribution in [0.15, 0.2) is 53.0 Å². The molecule has 3 rings (SSSR count). The number of methoxy groups -OCH3 is 1. The largest absolute Gasteiger partial charge is 0.497 e. The molecule has 0 spiro atoms. The van der Waals surface area contributed by atoms with Crippen molar-refractivity contribution in [3.8, 4) is 5.75 Å². The first-order chi connectivity index (χ1) is 11.6. The second-order valence-corrected chi connectivity index (χ2v) is 6.52. The number of anilines is 2. The molecule has 0 radical (unpaired) electrons. The molecular weight excluding hydrogens is 372 g/mol. The molecule has 1 aliphatic heterocycles. The van der Waals surface area contributed by atoms with E-state index in [4.69, 9.17) is 4.74 Å². The molecule has 1 atom stereocenters. The first-order valence-electron chi connectivity index (χ1n) is 7.57. The lowest BCUT2D eigenvalue weighted by atomic mass is 10.1. The number of hydrogen-bond donors (Lipinski definition) is 1. The van der Waals surface area contributed by atoms with Crippen LogP contribution >= 0.6 is 15.9 Å². The molecule has 1 saturated heterocycles. The van der Waals surface area contributed by atoms with Gasteiger partial charge in [-0.2, -0.15) is 0 Å². The van der Waals surface area contributed by atoms with Crippen LogP contribution in [0.5, 0.6) is 5.75 Å². The van der Waals surface area contributed by atoms with E-state index in [1.54, 1.807) is 24.1 Å². The Morgan fingerprint density at radius 3 is 2.67 bits per heavy atom. The van der Waals surface area contributed by atoms with Crippen molar-refractivity contribution < 1.29 is 14.3 Å². The van der Waals surface area contributed by atoms with Gasteiger partial charge in [0.1, 0.15) is 5.75 Å². The van der Waals surface area contributed by atoms with Gasteiger partial charge in [0.15, 0.2) is 0 Å². The summed E-state index contributed by atoms with van der Waals surface area (Å²) in [6.45, 7) is 0.380. The van der Waals surface area contributed by atoms with Gasteiger partial charge in [0.05, 0.1) is 13.0 Å². The lowest BCUT2D eigenvalue weighted by Crippen LogP contribution is -2.28. The molecule has 124 valence electrons. The van der Waals surface area contributed by atoms with Crippen LogP contribution in [-0.2, 0) is 9.59 Å². The predicted molar refractivity (Wildman–Crippen MR) is 96.2 cm³/mol. The Morgan fingerprint density at radius 1 is 1.25 bits per heavy atom. The maximum Gasteiger partial charge on any atom is 0.229 e. The van der Waals surface area contributed by atoms with E-state index in [1.807, 2.05) is 36.4 Å². The molecule has 2 aromatic rings. The molecule has 1 aliphatic rings. The summed E-state index contributed by atoms with van der Waals surface area (Å²) in [7, 11) is 1.60. The van der Waals surface area contributed by atoms with Gasteiger partial charge < -0.3 is 15.0 Å². The van der Waals surface area contributed by atoms with E-state index >= 15 is 0 Å². The van der Waals surface area contributed by atoms with Gasteiger partial charge in [0.25, 0.3) is 0 Å². The number of rotatable bonds is 4. The Morgan fingerprint density at radius 2 is 2.00 bits per heavy atom. The number of nitrogens with one attached hydrogen (secondary N) is 1. The minimum atomic E-state index is -0.362. The van der Waals surface area contributed by atoms with Gasteiger partial charge in [-0.05, 0) is 42.5 Å². The number of carbonyl (C=O) groups excluding carboxylic acids is 2. The molecule has 0 aliphatic carbocycles. The first kappa shape index (κ1) is 16.5. The zero-order valence-electron chi connectivity index (χ0n) is 13.2. The monoisotopic (exact) mass is 388 g/mol. The van der Waals surface area contributed by atoms with Gasteiger partial charge in [-0.1, -0.05) is 22.0 Å². The molecule has 6 heteroatoms. The molecule has 0 aromatic heterocycles. The highest BCUT2D eigenvalue weighted by Gasteiger charge is 2.35. The van der Waals surface area contributed by atoms with Crippen LogP contribution in [0, 0.1) is 5.92 Å². The van der Waals surface area contributed by atoms with Crippen molar-refractivity contribution in [3.05, 3.63) is 53.0 Å². The fourth-order valence-electron chi connectivity index (χ4n) is 2.71. The third kappa shape index (κ3) is 3.59. The standard InChI is InChI=1S/C18H17BrN2O3/c1-24-16-7-5-15(6-8-16)21-11-12(9-17(21)22)18(23)20-14-4-2-3-13(19)10-14/h2-8,10,12H,9,11H2,1H3,(H,20,23)/t12-/m1/s1. The molecule has 0 bridgehead atoms. The summed E-state index contributed by atoms with van der Waals surface area (Å²) < 4.78 is 6.01. The summed E-state index contributed by atoms with van der Waals surface area (Å²) in [5.74, 6) is 0.181. The number of hydrogen-bond acceptors (Lipinski definition) is 3. The Hall–Kier alpha value is -2.34. The molecule has 2 aromatic carbocycles. The zero-order valence-corrected chi connectivity index (χ0v) is 14.7.